The monoisotopic (exact) mass is 224 g/mol. The van der Waals surface area contributed by atoms with Gasteiger partial charge in [-0.05, 0) is 44.2 Å². The Hall–Kier alpha value is -0.770. The standard InChI is InChI=1S/C11H20N4O/c12-14-13-6-8-15-7-3-5-11(10-15)4-1-2-9-16-11/h1-10H2. The van der Waals surface area contributed by atoms with Crippen molar-refractivity contribution in [3.05, 3.63) is 10.4 Å². The number of azide groups is 1. The first kappa shape index (κ1) is 11.7. The Kier molecular flexibility index (Phi) is 4.04. The van der Waals surface area contributed by atoms with Gasteiger partial charge in [-0.25, -0.2) is 0 Å². The first-order valence-electron chi connectivity index (χ1n) is 6.22. The molecular weight excluding hydrogens is 204 g/mol. The number of hydrogen-bond donors (Lipinski definition) is 0. The lowest BCUT2D eigenvalue weighted by molar-refractivity contribution is -0.115. The van der Waals surface area contributed by atoms with Crippen molar-refractivity contribution in [2.75, 3.05) is 32.8 Å². The van der Waals surface area contributed by atoms with E-state index in [-0.39, 0.29) is 5.60 Å². The van der Waals surface area contributed by atoms with Gasteiger partial charge in [-0.3, -0.25) is 0 Å². The summed E-state index contributed by atoms with van der Waals surface area (Å²) in [6.45, 7) is 4.51. The summed E-state index contributed by atoms with van der Waals surface area (Å²) >= 11 is 0. The van der Waals surface area contributed by atoms with Crippen LogP contribution < -0.4 is 0 Å². The summed E-state index contributed by atoms with van der Waals surface area (Å²) < 4.78 is 6.00. The highest BCUT2D eigenvalue weighted by Gasteiger charge is 2.37. The molecule has 2 aliphatic heterocycles. The summed E-state index contributed by atoms with van der Waals surface area (Å²) in [5, 5.41) is 3.60. The smallest absolute Gasteiger partial charge is 0.0809 e. The van der Waals surface area contributed by atoms with Crippen molar-refractivity contribution < 1.29 is 4.74 Å². The fraction of sp³-hybridized carbons (Fsp3) is 1.00. The zero-order valence-electron chi connectivity index (χ0n) is 9.77. The van der Waals surface area contributed by atoms with Crippen molar-refractivity contribution in [3.63, 3.8) is 0 Å². The molecule has 0 aromatic carbocycles. The maximum atomic E-state index is 8.25. The third-order valence-corrected chi connectivity index (χ3v) is 3.63. The first-order valence-corrected chi connectivity index (χ1v) is 6.22. The van der Waals surface area contributed by atoms with Gasteiger partial charge in [0, 0.05) is 31.2 Å². The summed E-state index contributed by atoms with van der Waals surface area (Å²) in [5.74, 6) is 0. The van der Waals surface area contributed by atoms with E-state index >= 15 is 0 Å². The SMILES string of the molecule is [N-]=[N+]=NCCN1CCCC2(CCCCO2)C1. The molecule has 1 spiro atoms. The van der Waals surface area contributed by atoms with Crippen molar-refractivity contribution in [2.24, 2.45) is 5.11 Å². The van der Waals surface area contributed by atoms with Gasteiger partial charge in [0.1, 0.15) is 0 Å². The number of nitrogens with zero attached hydrogens (tertiary/aromatic N) is 4. The van der Waals surface area contributed by atoms with E-state index < -0.39 is 0 Å². The number of piperidine rings is 1. The normalized spacial score (nSPS) is 31.2. The molecule has 5 heteroatoms. The van der Waals surface area contributed by atoms with E-state index in [1.165, 1.54) is 32.1 Å². The molecule has 2 rings (SSSR count). The van der Waals surface area contributed by atoms with Crippen LogP contribution >= 0.6 is 0 Å². The number of rotatable bonds is 3. The van der Waals surface area contributed by atoms with Crippen LogP contribution in [0.5, 0.6) is 0 Å². The average Bonchev–Trinajstić information content (AvgIpc) is 2.31. The summed E-state index contributed by atoms with van der Waals surface area (Å²) in [6, 6.07) is 0. The lowest BCUT2D eigenvalue weighted by atomic mass is 9.86. The highest BCUT2D eigenvalue weighted by atomic mass is 16.5. The van der Waals surface area contributed by atoms with Crippen LogP contribution in [0.3, 0.4) is 0 Å². The molecule has 0 aliphatic carbocycles. The van der Waals surface area contributed by atoms with Crippen LogP contribution in [-0.4, -0.2) is 43.3 Å². The van der Waals surface area contributed by atoms with E-state index in [9.17, 15) is 0 Å². The quantitative estimate of drug-likeness (QED) is 0.419. The second-order valence-corrected chi connectivity index (χ2v) is 4.82. The minimum absolute atomic E-state index is 0.118. The Morgan fingerprint density at radius 2 is 2.19 bits per heavy atom. The second kappa shape index (κ2) is 5.53. The van der Waals surface area contributed by atoms with Crippen molar-refractivity contribution in [1.82, 2.24) is 4.90 Å². The number of ether oxygens (including phenoxy) is 1. The van der Waals surface area contributed by atoms with Gasteiger partial charge in [-0.2, -0.15) is 0 Å². The Bertz CT molecular complexity index is 264. The van der Waals surface area contributed by atoms with Crippen molar-refractivity contribution in [1.29, 1.82) is 0 Å². The molecule has 2 aliphatic rings. The summed E-state index contributed by atoms with van der Waals surface area (Å²) in [7, 11) is 0. The maximum absolute atomic E-state index is 8.25. The molecule has 5 nitrogen and oxygen atoms in total. The van der Waals surface area contributed by atoms with E-state index in [1.54, 1.807) is 0 Å². The number of likely N-dealkylation sites (tertiary alicyclic amines) is 1. The summed E-state index contributed by atoms with van der Waals surface area (Å²) in [4.78, 5) is 5.17. The molecule has 0 saturated carbocycles. The van der Waals surface area contributed by atoms with Crippen LogP contribution in [0.15, 0.2) is 5.11 Å². The minimum atomic E-state index is 0.118. The highest BCUT2D eigenvalue weighted by molar-refractivity contribution is 4.90. The van der Waals surface area contributed by atoms with Crippen molar-refractivity contribution >= 4 is 0 Å². The predicted molar refractivity (Wildman–Crippen MR) is 62.2 cm³/mol. The molecule has 0 aromatic heterocycles. The van der Waals surface area contributed by atoms with Gasteiger partial charge in [-0.15, -0.1) is 0 Å². The Balaban J connectivity index is 1.85. The predicted octanol–water partition coefficient (Wildman–Crippen LogP) is 2.33. The average molecular weight is 224 g/mol. The molecule has 90 valence electrons. The minimum Gasteiger partial charge on any atom is -0.374 e. The maximum Gasteiger partial charge on any atom is 0.0809 e. The lowest BCUT2D eigenvalue weighted by Crippen LogP contribution is -2.51. The molecule has 16 heavy (non-hydrogen) atoms. The van der Waals surface area contributed by atoms with Gasteiger partial charge in [0.05, 0.1) is 5.60 Å². The molecule has 2 fully saturated rings. The van der Waals surface area contributed by atoms with E-state index in [1.807, 2.05) is 0 Å². The van der Waals surface area contributed by atoms with E-state index in [0.29, 0.717) is 6.54 Å². The molecule has 0 aromatic rings. The van der Waals surface area contributed by atoms with Gasteiger partial charge in [0.25, 0.3) is 0 Å². The zero-order valence-corrected chi connectivity index (χ0v) is 9.77. The van der Waals surface area contributed by atoms with Crippen LogP contribution in [0.1, 0.15) is 32.1 Å². The van der Waals surface area contributed by atoms with Crippen LogP contribution in [0.2, 0.25) is 0 Å². The van der Waals surface area contributed by atoms with Crippen molar-refractivity contribution in [3.8, 4) is 0 Å². The van der Waals surface area contributed by atoms with Crippen LogP contribution in [0, 0.1) is 0 Å². The van der Waals surface area contributed by atoms with Gasteiger partial charge >= 0.3 is 0 Å². The molecule has 1 unspecified atom stereocenters. The molecule has 2 saturated heterocycles. The summed E-state index contributed by atoms with van der Waals surface area (Å²) in [5.41, 5.74) is 8.37. The second-order valence-electron chi connectivity index (χ2n) is 4.82. The molecular formula is C11H20N4O. The fourth-order valence-corrected chi connectivity index (χ4v) is 2.84. The van der Waals surface area contributed by atoms with Crippen molar-refractivity contribution in [2.45, 2.75) is 37.7 Å². The van der Waals surface area contributed by atoms with E-state index in [4.69, 9.17) is 10.3 Å². The van der Waals surface area contributed by atoms with Gasteiger partial charge < -0.3 is 9.64 Å². The van der Waals surface area contributed by atoms with Gasteiger partial charge in [-0.1, -0.05) is 5.11 Å². The third-order valence-electron chi connectivity index (χ3n) is 3.63. The summed E-state index contributed by atoms with van der Waals surface area (Å²) in [6.07, 6.45) is 6.11. The largest absolute Gasteiger partial charge is 0.374 e. The van der Waals surface area contributed by atoms with Gasteiger partial charge in [0.2, 0.25) is 0 Å². The molecule has 1 atom stereocenters. The molecule has 0 radical (unpaired) electrons. The zero-order chi connectivity index (χ0) is 11.3. The first-order chi connectivity index (χ1) is 7.85. The van der Waals surface area contributed by atoms with Gasteiger partial charge in [0.15, 0.2) is 0 Å². The number of hydrogen-bond acceptors (Lipinski definition) is 3. The van der Waals surface area contributed by atoms with Crippen LogP contribution in [0.4, 0.5) is 0 Å². The molecule has 0 N–H and O–H groups in total. The highest BCUT2D eigenvalue weighted by Crippen LogP contribution is 2.33. The third kappa shape index (κ3) is 2.88. The van der Waals surface area contributed by atoms with Crippen LogP contribution in [0.25, 0.3) is 10.4 Å². The van der Waals surface area contributed by atoms with E-state index in [2.05, 4.69) is 14.9 Å². The fourth-order valence-electron chi connectivity index (χ4n) is 2.84. The Morgan fingerprint density at radius 3 is 2.94 bits per heavy atom. The lowest BCUT2D eigenvalue weighted by Gasteiger charge is -2.44. The van der Waals surface area contributed by atoms with Crippen LogP contribution in [-0.2, 0) is 4.74 Å². The molecule has 0 amide bonds. The van der Waals surface area contributed by atoms with E-state index in [0.717, 1.165) is 26.2 Å². The Morgan fingerprint density at radius 1 is 1.31 bits per heavy atom. The Labute approximate surface area is 96.4 Å². The molecule has 0 bridgehead atoms. The molecule has 2 heterocycles. The topological polar surface area (TPSA) is 61.2 Å².